The Labute approximate surface area is 207 Å². The van der Waals surface area contributed by atoms with E-state index >= 15 is 0 Å². The molecular formula is C28H25NO5S. The average molecular weight is 488 g/mol. The molecule has 2 atom stereocenters. The van der Waals surface area contributed by atoms with Gasteiger partial charge in [-0.25, -0.2) is 0 Å². The van der Waals surface area contributed by atoms with Gasteiger partial charge in [-0.15, -0.1) is 0 Å². The molecule has 0 radical (unpaired) electrons. The highest BCUT2D eigenvalue weighted by molar-refractivity contribution is 7.08. The third kappa shape index (κ3) is 3.46. The summed E-state index contributed by atoms with van der Waals surface area (Å²) in [7, 11) is 3.23. The van der Waals surface area contributed by atoms with Crippen LogP contribution in [-0.2, 0) is 23.5 Å². The SMILES string of the molecule is COc1cc2c(cc1OC)C1OC(c3ccsc3)(C2)Oc2cc(C)n(Cc3ccccc3)c(=O)c21. The zero-order valence-corrected chi connectivity index (χ0v) is 20.6. The monoisotopic (exact) mass is 487 g/mol. The third-order valence-corrected chi connectivity index (χ3v) is 7.53. The van der Waals surface area contributed by atoms with E-state index in [1.807, 2.05) is 72.3 Å². The van der Waals surface area contributed by atoms with Crippen molar-refractivity contribution in [1.29, 1.82) is 0 Å². The smallest absolute Gasteiger partial charge is 0.261 e. The first-order chi connectivity index (χ1) is 17.0. The Morgan fingerprint density at radius 1 is 1.09 bits per heavy atom. The fourth-order valence-corrected chi connectivity index (χ4v) is 5.80. The van der Waals surface area contributed by atoms with Crippen molar-refractivity contribution in [3.63, 3.8) is 0 Å². The van der Waals surface area contributed by atoms with Crippen molar-refractivity contribution in [2.45, 2.75) is 31.8 Å². The van der Waals surface area contributed by atoms with Gasteiger partial charge in [-0.3, -0.25) is 4.79 Å². The van der Waals surface area contributed by atoms with Crippen LogP contribution in [0.15, 0.2) is 70.2 Å². The Bertz CT molecular complexity index is 1460. The van der Waals surface area contributed by atoms with E-state index in [1.165, 1.54) is 0 Å². The van der Waals surface area contributed by atoms with Crippen LogP contribution < -0.4 is 19.8 Å². The summed E-state index contributed by atoms with van der Waals surface area (Å²) in [6.45, 7) is 2.41. The van der Waals surface area contributed by atoms with E-state index in [0.717, 1.165) is 27.9 Å². The highest BCUT2D eigenvalue weighted by Crippen LogP contribution is 2.53. The number of hydrogen-bond acceptors (Lipinski definition) is 6. The number of thiophene rings is 1. The van der Waals surface area contributed by atoms with Gasteiger partial charge in [0.1, 0.15) is 11.9 Å². The second kappa shape index (κ2) is 8.29. The maximum atomic E-state index is 14.0. The predicted molar refractivity (Wildman–Crippen MR) is 134 cm³/mol. The highest BCUT2D eigenvalue weighted by Gasteiger charge is 2.50. The van der Waals surface area contributed by atoms with Crippen LogP contribution in [0.2, 0.25) is 0 Å². The first kappa shape index (κ1) is 21.9. The number of hydrogen-bond donors (Lipinski definition) is 0. The van der Waals surface area contributed by atoms with E-state index in [-0.39, 0.29) is 5.56 Å². The largest absolute Gasteiger partial charge is 0.493 e. The van der Waals surface area contributed by atoms with Crippen LogP contribution in [0.25, 0.3) is 0 Å². The lowest BCUT2D eigenvalue weighted by Gasteiger charge is -2.46. The number of aryl methyl sites for hydroxylation is 1. The zero-order valence-electron chi connectivity index (χ0n) is 19.7. The van der Waals surface area contributed by atoms with Gasteiger partial charge in [0.05, 0.1) is 26.3 Å². The molecule has 0 saturated carbocycles. The van der Waals surface area contributed by atoms with Crippen molar-refractivity contribution in [3.05, 3.63) is 109 Å². The number of fused-ring (bicyclic) bond motifs is 6. The number of methoxy groups -OCH3 is 2. The lowest BCUT2D eigenvalue weighted by Crippen LogP contribution is -2.48. The summed E-state index contributed by atoms with van der Waals surface area (Å²) in [4.78, 5) is 14.0. The molecule has 0 fully saturated rings. The van der Waals surface area contributed by atoms with Gasteiger partial charge in [-0.2, -0.15) is 11.3 Å². The molecule has 2 aromatic heterocycles. The molecule has 0 aliphatic carbocycles. The molecule has 2 bridgehead atoms. The van der Waals surface area contributed by atoms with Gasteiger partial charge in [0.2, 0.25) is 5.79 Å². The molecule has 0 N–H and O–H groups in total. The Morgan fingerprint density at radius 2 is 1.86 bits per heavy atom. The molecule has 6 rings (SSSR count). The first-order valence-electron chi connectivity index (χ1n) is 11.5. The molecule has 2 aliphatic rings. The summed E-state index contributed by atoms with van der Waals surface area (Å²) in [6.07, 6.45) is -0.112. The van der Waals surface area contributed by atoms with Gasteiger partial charge >= 0.3 is 0 Å². The summed E-state index contributed by atoms with van der Waals surface area (Å²) < 4.78 is 26.2. The molecule has 2 unspecified atom stereocenters. The summed E-state index contributed by atoms with van der Waals surface area (Å²) in [5.41, 5.74) is 5.12. The Morgan fingerprint density at radius 3 is 2.57 bits per heavy atom. The van der Waals surface area contributed by atoms with E-state index < -0.39 is 11.9 Å². The Hall–Kier alpha value is -3.55. The van der Waals surface area contributed by atoms with Crippen LogP contribution in [0.4, 0.5) is 0 Å². The second-order valence-electron chi connectivity index (χ2n) is 8.89. The van der Waals surface area contributed by atoms with Crippen LogP contribution in [0, 0.1) is 6.92 Å². The van der Waals surface area contributed by atoms with Crippen molar-refractivity contribution in [1.82, 2.24) is 4.57 Å². The molecule has 4 aromatic rings. The number of nitrogens with zero attached hydrogens (tertiary/aromatic N) is 1. The maximum Gasteiger partial charge on any atom is 0.261 e. The number of rotatable bonds is 5. The highest BCUT2D eigenvalue weighted by atomic mass is 32.1. The minimum Gasteiger partial charge on any atom is -0.493 e. The fraction of sp³-hybridized carbons (Fsp3) is 0.250. The third-order valence-electron chi connectivity index (χ3n) is 6.85. The van der Waals surface area contributed by atoms with Crippen LogP contribution >= 0.6 is 11.3 Å². The van der Waals surface area contributed by atoms with Gasteiger partial charge in [0.15, 0.2) is 11.5 Å². The molecule has 4 heterocycles. The van der Waals surface area contributed by atoms with E-state index in [2.05, 4.69) is 0 Å². The second-order valence-corrected chi connectivity index (χ2v) is 9.67. The Balaban J connectivity index is 1.57. The van der Waals surface area contributed by atoms with Gasteiger partial charge in [-0.1, -0.05) is 30.3 Å². The van der Waals surface area contributed by atoms with Crippen molar-refractivity contribution < 1.29 is 18.9 Å². The maximum absolute atomic E-state index is 14.0. The molecule has 2 aromatic carbocycles. The number of aromatic nitrogens is 1. The average Bonchev–Trinajstić information content (AvgIpc) is 3.42. The summed E-state index contributed by atoms with van der Waals surface area (Å²) in [5.74, 6) is 0.786. The fourth-order valence-electron chi connectivity index (χ4n) is 5.09. The molecule has 2 aliphatic heterocycles. The molecule has 0 saturated heterocycles. The minimum atomic E-state index is -1.02. The van der Waals surface area contributed by atoms with Crippen molar-refractivity contribution in [2.24, 2.45) is 0 Å². The van der Waals surface area contributed by atoms with E-state index in [0.29, 0.717) is 35.8 Å². The van der Waals surface area contributed by atoms with Crippen LogP contribution in [-0.4, -0.2) is 18.8 Å². The number of benzene rings is 2. The van der Waals surface area contributed by atoms with E-state index in [1.54, 1.807) is 30.1 Å². The molecule has 7 heteroatoms. The van der Waals surface area contributed by atoms with Gasteiger partial charge in [-0.05, 0) is 47.2 Å². The Kier molecular flexibility index (Phi) is 5.20. The van der Waals surface area contributed by atoms with Crippen LogP contribution in [0.3, 0.4) is 0 Å². The lowest BCUT2D eigenvalue weighted by atomic mass is 9.85. The first-order valence-corrected chi connectivity index (χ1v) is 12.4. The van der Waals surface area contributed by atoms with Gasteiger partial charge in [0.25, 0.3) is 5.56 Å². The molecule has 0 amide bonds. The number of pyridine rings is 1. The topological polar surface area (TPSA) is 58.9 Å². The van der Waals surface area contributed by atoms with Gasteiger partial charge < -0.3 is 23.5 Å². The van der Waals surface area contributed by atoms with E-state index in [9.17, 15) is 4.79 Å². The van der Waals surface area contributed by atoms with E-state index in [4.69, 9.17) is 18.9 Å². The lowest BCUT2D eigenvalue weighted by molar-refractivity contribution is -0.237. The van der Waals surface area contributed by atoms with Gasteiger partial charge in [0, 0.05) is 29.1 Å². The molecular weight excluding hydrogens is 462 g/mol. The van der Waals surface area contributed by atoms with Crippen molar-refractivity contribution in [2.75, 3.05) is 14.2 Å². The summed E-state index contributed by atoms with van der Waals surface area (Å²) >= 11 is 1.59. The van der Waals surface area contributed by atoms with Crippen molar-refractivity contribution in [3.8, 4) is 17.2 Å². The molecule has 6 nitrogen and oxygen atoms in total. The van der Waals surface area contributed by atoms with Crippen LogP contribution in [0.5, 0.6) is 17.2 Å². The van der Waals surface area contributed by atoms with Crippen LogP contribution in [0.1, 0.15) is 39.6 Å². The predicted octanol–water partition coefficient (Wildman–Crippen LogP) is 5.19. The molecule has 0 spiro atoms. The summed E-state index contributed by atoms with van der Waals surface area (Å²) in [5, 5.41) is 4.05. The number of ether oxygens (including phenoxy) is 4. The van der Waals surface area contributed by atoms with Crippen molar-refractivity contribution >= 4 is 11.3 Å². The molecule has 178 valence electrons. The zero-order chi connectivity index (χ0) is 24.2. The minimum absolute atomic E-state index is 0.115. The normalized spacial score (nSPS) is 19.9. The quantitative estimate of drug-likeness (QED) is 0.388. The molecule has 35 heavy (non-hydrogen) atoms. The standard InChI is InChI=1S/C28H25NO5S/c1-17-11-24-25(27(30)29(17)15-18-7-5-4-6-8-18)26-21-13-23(32-3)22(31-2)12-19(21)14-28(33-24,34-26)20-9-10-35-16-20/h4-13,16,26H,14-15H2,1-3H3. The summed E-state index contributed by atoms with van der Waals surface area (Å²) in [6, 6.07) is 17.8.